The number of ketones is 1. The lowest BCUT2D eigenvalue weighted by atomic mass is 10.1. The Kier molecular flexibility index (Phi) is 5.59. The molecule has 3 rings (SSSR count). The van der Waals surface area contributed by atoms with Gasteiger partial charge in [0, 0.05) is 11.6 Å². The van der Waals surface area contributed by atoms with E-state index in [2.05, 4.69) is 5.32 Å². The highest BCUT2D eigenvalue weighted by Crippen LogP contribution is 2.35. The van der Waals surface area contributed by atoms with Crippen LogP contribution < -0.4 is 19.5 Å². The van der Waals surface area contributed by atoms with Crippen LogP contribution in [0.4, 0.5) is 0 Å². The van der Waals surface area contributed by atoms with Crippen LogP contribution in [0.5, 0.6) is 17.2 Å². The average molecular weight is 383 g/mol. The van der Waals surface area contributed by atoms with Crippen LogP contribution in [0.25, 0.3) is 6.08 Å². The molecule has 0 unspecified atom stereocenters. The number of methoxy groups -OCH3 is 1. The Labute approximate surface area is 160 Å². The average Bonchev–Trinajstić information content (AvgIpc) is 3.00. The van der Waals surface area contributed by atoms with Crippen LogP contribution >= 0.6 is 0 Å². The molecule has 8 heteroatoms. The van der Waals surface area contributed by atoms with Gasteiger partial charge in [-0.15, -0.1) is 0 Å². The number of carbonyl (C=O) groups is 3. The predicted octanol–water partition coefficient (Wildman–Crippen LogP) is 1.89. The minimum Gasteiger partial charge on any atom is -0.496 e. The van der Waals surface area contributed by atoms with Crippen molar-refractivity contribution in [2.24, 2.45) is 0 Å². The van der Waals surface area contributed by atoms with Crippen LogP contribution in [0.2, 0.25) is 0 Å². The SMILES string of the molecule is COc1ccccc1C=C1Oc2cc(OCC(=O)NCC(=O)O)ccc2C1=O. The molecule has 1 amide bonds. The van der Waals surface area contributed by atoms with Crippen molar-refractivity contribution in [2.75, 3.05) is 20.3 Å². The van der Waals surface area contributed by atoms with E-state index in [0.717, 1.165) is 0 Å². The third-order valence-electron chi connectivity index (χ3n) is 3.87. The lowest BCUT2D eigenvalue weighted by molar-refractivity contribution is -0.138. The molecule has 1 heterocycles. The summed E-state index contributed by atoms with van der Waals surface area (Å²) in [6.07, 6.45) is 1.60. The summed E-state index contributed by atoms with van der Waals surface area (Å²) in [6, 6.07) is 11.8. The van der Waals surface area contributed by atoms with E-state index in [9.17, 15) is 14.4 Å². The quantitative estimate of drug-likeness (QED) is 0.702. The third-order valence-corrected chi connectivity index (χ3v) is 3.87. The van der Waals surface area contributed by atoms with Gasteiger partial charge in [-0.1, -0.05) is 18.2 Å². The summed E-state index contributed by atoms with van der Waals surface area (Å²) in [6.45, 7) is -0.842. The molecule has 2 N–H and O–H groups in total. The molecule has 0 atom stereocenters. The number of aliphatic carboxylic acids is 1. The molecule has 0 radical (unpaired) electrons. The van der Waals surface area contributed by atoms with Crippen molar-refractivity contribution in [1.29, 1.82) is 0 Å². The van der Waals surface area contributed by atoms with Crippen molar-refractivity contribution in [1.82, 2.24) is 5.32 Å². The van der Waals surface area contributed by atoms with Crippen LogP contribution in [0, 0.1) is 0 Å². The van der Waals surface area contributed by atoms with E-state index in [1.165, 1.54) is 12.1 Å². The Morgan fingerprint density at radius 3 is 2.75 bits per heavy atom. The van der Waals surface area contributed by atoms with Crippen molar-refractivity contribution >= 4 is 23.7 Å². The number of benzene rings is 2. The molecule has 1 aliphatic rings. The van der Waals surface area contributed by atoms with Gasteiger partial charge in [-0.05, 0) is 24.3 Å². The summed E-state index contributed by atoms with van der Waals surface area (Å²) in [7, 11) is 1.54. The Bertz CT molecular complexity index is 965. The first kappa shape index (κ1) is 19.0. The summed E-state index contributed by atoms with van der Waals surface area (Å²) in [5, 5.41) is 10.7. The molecular weight excluding hydrogens is 366 g/mol. The van der Waals surface area contributed by atoms with Gasteiger partial charge in [0.1, 0.15) is 23.8 Å². The molecule has 0 saturated heterocycles. The number of Topliss-reactive ketones (excluding diaryl/α,β-unsaturated/α-hetero) is 1. The molecule has 0 bridgehead atoms. The first-order chi connectivity index (χ1) is 13.5. The summed E-state index contributed by atoms with van der Waals surface area (Å²) in [5.74, 6) is -0.602. The number of amides is 1. The van der Waals surface area contributed by atoms with E-state index >= 15 is 0 Å². The first-order valence-corrected chi connectivity index (χ1v) is 8.30. The summed E-state index contributed by atoms with van der Waals surface area (Å²) < 4.78 is 16.2. The highest BCUT2D eigenvalue weighted by molar-refractivity contribution is 6.14. The summed E-state index contributed by atoms with van der Waals surface area (Å²) >= 11 is 0. The fourth-order valence-corrected chi connectivity index (χ4v) is 2.56. The monoisotopic (exact) mass is 383 g/mol. The van der Waals surface area contributed by atoms with Gasteiger partial charge in [0.2, 0.25) is 5.78 Å². The Morgan fingerprint density at radius 2 is 2.00 bits per heavy atom. The highest BCUT2D eigenvalue weighted by Gasteiger charge is 2.28. The van der Waals surface area contributed by atoms with Gasteiger partial charge >= 0.3 is 5.97 Å². The summed E-state index contributed by atoms with van der Waals surface area (Å²) in [5.41, 5.74) is 1.08. The molecule has 0 saturated carbocycles. The lowest BCUT2D eigenvalue weighted by Gasteiger charge is -2.07. The van der Waals surface area contributed by atoms with Gasteiger partial charge < -0.3 is 24.6 Å². The number of ether oxygens (including phenoxy) is 3. The zero-order chi connectivity index (χ0) is 20.1. The number of carboxylic acid groups (broad SMARTS) is 1. The molecule has 0 spiro atoms. The number of para-hydroxylation sites is 1. The van der Waals surface area contributed by atoms with E-state index in [-0.39, 0.29) is 18.1 Å². The maximum absolute atomic E-state index is 12.5. The number of hydrogen-bond acceptors (Lipinski definition) is 6. The van der Waals surface area contributed by atoms with Crippen LogP contribution in [-0.2, 0) is 9.59 Å². The molecule has 1 aliphatic heterocycles. The van der Waals surface area contributed by atoms with Gasteiger partial charge in [-0.3, -0.25) is 14.4 Å². The van der Waals surface area contributed by atoms with Crippen LogP contribution in [-0.4, -0.2) is 43.0 Å². The number of rotatable bonds is 7. The molecule has 0 aliphatic carbocycles. The standard InChI is InChI=1S/C20H17NO7/c1-26-15-5-3-2-4-12(15)8-17-20(25)14-7-6-13(9-16(14)28-17)27-11-18(22)21-10-19(23)24/h2-9H,10-11H2,1H3,(H,21,22)(H,23,24). The Hall–Kier alpha value is -3.81. The largest absolute Gasteiger partial charge is 0.496 e. The van der Waals surface area contributed by atoms with Crippen molar-refractivity contribution in [3.63, 3.8) is 0 Å². The lowest BCUT2D eigenvalue weighted by Crippen LogP contribution is -2.33. The maximum Gasteiger partial charge on any atom is 0.322 e. The first-order valence-electron chi connectivity index (χ1n) is 8.30. The molecule has 144 valence electrons. The zero-order valence-electron chi connectivity index (χ0n) is 14.9. The molecule has 0 fully saturated rings. The Balaban J connectivity index is 1.71. The number of nitrogens with one attached hydrogen (secondary N) is 1. The molecule has 8 nitrogen and oxygen atoms in total. The minimum absolute atomic E-state index is 0.149. The van der Waals surface area contributed by atoms with E-state index in [1.54, 1.807) is 31.4 Å². The van der Waals surface area contributed by atoms with Crippen LogP contribution in [0.15, 0.2) is 48.2 Å². The maximum atomic E-state index is 12.5. The summed E-state index contributed by atoms with van der Waals surface area (Å²) in [4.78, 5) is 34.5. The predicted molar refractivity (Wildman–Crippen MR) is 98.5 cm³/mol. The van der Waals surface area contributed by atoms with Gasteiger partial charge in [0.05, 0.1) is 12.7 Å². The number of fused-ring (bicyclic) bond motifs is 1. The van der Waals surface area contributed by atoms with E-state index in [1.807, 2.05) is 12.1 Å². The molecule has 2 aromatic carbocycles. The minimum atomic E-state index is -1.15. The number of carbonyl (C=O) groups excluding carboxylic acids is 2. The van der Waals surface area contributed by atoms with Crippen molar-refractivity contribution in [2.45, 2.75) is 0 Å². The number of carboxylic acids is 1. The van der Waals surface area contributed by atoms with E-state index < -0.39 is 18.4 Å². The second-order valence-electron chi connectivity index (χ2n) is 5.80. The van der Waals surface area contributed by atoms with Crippen LogP contribution in [0.1, 0.15) is 15.9 Å². The van der Waals surface area contributed by atoms with Gasteiger partial charge in [-0.2, -0.15) is 0 Å². The normalized spacial score (nSPS) is 13.6. The Morgan fingerprint density at radius 1 is 1.21 bits per heavy atom. The van der Waals surface area contributed by atoms with Gasteiger partial charge in [0.25, 0.3) is 5.91 Å². The second-order valence-corrected chi connectivity index (χ2v) is 5.80. The van der Waals surface area contributed by atoms with E-state index in [4.69, 9.17) is 19.3 Å². The molecule has 2 aromatic rings. The van der Waals surface area contributed by atoms with Gasteiger partial charge in [-0.25, -0.2) is 0 Å². The number of hydrogen-bond donors (Lipinski definition) is 2. The zero-order valence-corrected chi connectivity index (χ0v) is 14.9. The topological polar surface area (TPSA) is 111 Å². The highest BCUT2D eigenvalue weighted by atomic mass is 16.5. The van der Waals surface area contributed by atoms with Crippen molar-refractivity contribution in [3.8, 4) is 17.2 Å². The number of allylic oxidation sites excluding steroid dienone is 1. The van der Waals surface area contributed by atoms with Crippen molar-refractivity contribution < 1.29 is 33.7 Å². The second kappa shape index (κ2) is 8.26. The molecule has 28 heavy (non-hydrogen) atoms. The smallest absolute Gasteiger partial charge is 0.322 e. The molecular formula is C20H17NO7. The van der Waals surface area contributed by atoms with Crippen LogP contribution in [0.3, 0.4) is 0 Å². The molecule has 0 aromatic heterocycles. The third kappa shape index (κ3) is 4.29. The van der Waals surface area contributed by atoms with E-state index in [0.29, 0.717) is 28.4 Å². The van der Waals surface area contributed by atoms with Gasteiger partial charge in [0.15, 0.2) is 12.4 Å². The fourth-order valence-electron chi connectivity index (χ4n) is 2.56. The van der Waals surface area contributed by atoms with Crippen molar-refractivity contribution in [3.05, 3.63) is 59.4 Å². The fraction of sp³-hybridized carbons (Fsp3) is 0.150.